The van der Waals surface area contributed by atoms with Crippen LogP contribution in [0.15, 0.2) is 41.6 Å². The van der Waals surface area contributed by atoms with Crippen LogP contribution in [0.1, 0.15) is 10.4 Å². The van der Waals surface area contributed by atoms with Gasteiger partial charge in [-0.25, -0.2) is 22.3 Å². The topological polar surface area (TPSA) is 102 Å². The van der Waals surface area contributed by atoms with E-state index in [2.05, 4.69) is 10.3 Å². The van der Waals surface area contributed by atoms with E-state index in [-0.39, 0.29) is 11.3 Å². The smallest absolute Gasteiger partial charge is 0.257 e. The van der Waals surface area contributed by atoms with Gasteiger partial charge in [-0.1, -0.05) is 0 Å². The molecule has 2 aromatic rings. The van der Waals surface area contributed by atoms with Gasteiger partial charge in [0.15, 0.2) is 0 Å². The molecule has 0 spiro atoms. The van der Waals surface area contributed by atoms with Crippen LogP contribution in [0.3, 0.4) is 0 Å². The van der Waals surface area contributed by atoms with Gasteiger partial charge in [0, 0.05) is 11.9 Å². The number of hydrogen-bond acceptors (Lipinski definition) is 4. The third-order valence-electron chi connectivity index (χ3n) is 2.46. The van der Waals surface area contributed by atoms with Crippen molar-refractivity contribution >= 4 is 21.6 Å². The van der Waals surface area contributed by atoms with Crippen molar-refractivity contribution < 1.29 is 22.0 Å². The number of benzene rings is 1. The van der Waals surface area contributed by atoms with Crippen LogP contribution >= 0.6 is 0 Å². The van der Waals surface area contributed by atoms with Crippen LogP contribution in [0.4, 0.5) is 14.5 Å². The summed E-state index contributed by atoms with van der Waals surface area (Å²) in [6, 6.07) is 3.83. The first-order chi connectivity index (χ1) is 9.77. The Kier molecular flexibility index (Phi) is 3.96. The molecule has 1 aromatic carbocycles. The van der Waals surface area contributed by atoms with E-state index in [0.29, 0.717) is 0 Å². The molecule has 21 heavy (non-hydrogen) atoms. The Balaban J connectivity index is 2.25. The molecule has 0 aliphatic carbocycles. The van der Waals surface area contributed by atoms with Crippen LogP contribution in [0.2, 0.25) is 0 Å². The molecule has 3 N–H and O–H groups in total. The number of nitrogens with one attached hydrogen (secondary N) is 1. The minimum absolute atomic E-state index is 0.00541. The number of hydrogen-bond donors (Lipinski definition) is 2. The van der Waals surface area contributed by atoms with Crippen molar-refractivity contribution in [3.05, 3.63) is 53.9 Å². The predicted molar refractivity (Wildman–Crippen MR) is 69.9 cm³/mol. The molecule has 0 unspecified atom stereocenters. The zero-order valence-corrected chi connectivity index (χ0v) is 11.2. The Morgan fingerprint density at radius 2 is 1.90 bits per heavy atom. The van der Waals surface area contributed by atoms with Gasteiger partial charge in [0.2, 0.25) is 10.0 Å². The summed E-state index contributed by atoms with van der Waals surface area (Å²) in [7, 11) is -4.18. The van der Waals surface area contributed by atoms with Crippen molar-refractivity contribution in [3.8, 4) is 0 Å². The van der Waals surface area contributed by atoms with Gasteiger partial charge in [-0.3, -0.25) is 9.78 Å². The zero-order valence-electron chi connectivity index (χ0n) is 10.4. The average molecular weight is 313 g/mol. The van der Waals surface area contributed by atoms with Crippen molar-refractivity contribution in [1.29, 1.82) is 0 Å². The van der Waals surface area contributed by atoms with E-state index in [1.807, 2.05) is 0 Å². The maximum absolute atomic E-state index is 13.6. The molecular formula is C12H9F2N3O3S. The molecule has 0 saturated heterocycles. The Bertz CT molecular complexity index is 809. The highest BCUT2D eigenvalue weighted by Gasteiger charge is 2.15. The Morgan fingerprint density at radius 1 is 1.19 bits per heavy atom. The number of pyridine rings is 1. The summed E-state index contributed by atoms with van der Waals surface area (Å²) in [5.41, 5.74) is -0.0694. The number of aromatic nitrogens is 1. The first kappa shape index (κ1) is 15.0. The monoisotopic (exact) mass is 313 g/mol. The maximum Gasteiger partial charge on any atom is 0.257 e. The van der Waals surface area contributed by atoms with Gasteiger partial charge >= 0.3 is 0 Å². The third-order valence-corrected chi connectivity index (χ3v) is 3.41. The summed E-state index contributed by atoms with van der Waals surface area (Å²) in [5.74, 6) is -2.52. The van der Waals surface area contributed by atoms with Crippen molar-refractivity contribution in [1.82, 2.24) is 4.98 Å². The molecule has 1 aromatic heterocycles. The van der Waals surface area contributed by atoms with Gasteiger partial charge in [0.25, 0.3) is 5.91 Å². The number of rotatable bonds is 3. The van der Waals surface area contributed by atoms with Crippen LogP contribution in [-0.2, 0) is 10.0 Å². The van der Waals surface area contributed by atoms with E-state index < -0.39 is 32.5 Å². The SMILES string of the molecule is NS(=O)(=O)c1ccc(NC(=O)c2cncc(F)c2)cc1F. The lowest BCUT2D eigenvalue weighted by molar-refractivity contribution is 0.102. The van der Waals surface area contributed by atoms with Gasteiger partial charge in [-0.2, -0.15) is 0 Å². The van der Waals surface area contributed by atoms with Gasteiger partial charge in [0.1, 0.15) is 16.5 Å². The second kappa shape index (κ2) is 5.54. The highest BCUT2D eigenvalue weighted by atomic mass is 32.2. The number of carbonyl (C=O) groups is 1. The van der Waals surface area contributed by atoms with Crippen LogP contribution in [0.5, 0.6) is 0 Å². The minimum atomic E-state index is -4.18. The summed E-state index contributed by atoms with van der Waals surface area (Å²) in [6.45, 7) is 0. The quantitative estimate of drug-likeness (QED) is 0.890. The standard InChI is InChI=1S/C12H9F2N3O3S/c13-8-3-7(5-16-6-8)12(18)17-9-1-2-11(10(14)4-9)21(15,19)20/h1-6H,(H,17,18)(H2,15,19,20). The number of amides is 1. The molecule has 110 valence electrons. The first-order valence-corrected chi connectivity index (χ1v) is 7.06. The van der Waals surface area contributed by atoms with Gasteiger partial charge in [-0.15, -0.1) is 0 Å². The highest BCUT2D eigenvalue weighted by molar-refractivity contribution is 7.89. The molecule has 1 amide bonds. The molecule has 0 atom stereocenters. The fourth-order valence-electron chi connectivity index (χ4n) is 1.55. The number of nitrogens with two attached hydrogens (primary N) is 1. The van der Waals surface area contributed by atoms with Gasteiger partial charge in [0.05, 0.1) is 11.8 Å². The predicted octanol–water partition coefficient (Wildman–Crippen LogP) is 1.26. The number of anilines is 1. The maximum atomic E-state index is 13.6. The van der Waals surface area contributed by atoms with Crippen LogP contribution < -0.4 is 10.5 Å². The average Bonchev–Trinajstić information content (AvgIpc) is 2.37. The second-order valence-electron chi connectivity index (χ2n) is 4.04. The molecule has 2 rings (SSSR count). The molecule has 1 heterocycles. The number of primary sulfonamides is 1. The largest absolute Gasteiger partial charge is 0.322 e. The van der Waals surface area contributed by atoms with E-state index in [0.717, 1.165) is 36.7 Å². The zero-order chi connectivity index (χ0) is 15.6. The molecule has 0 bridgehead atoms. The molecule has 9 heteroatoms. The fraction of sp³-hybridized carbons (Fsp3) is 0. The Morgan fingerprint density at radius 3 is 2.48 bits per heavy atom. The normalized spacial score (nSPS) is 11.2. The fourth-order valence-corrected chi connectivity index (χ4v) is 2.14. The van der Waals surface area contributed by atoms with Gasteiger partial charge < -0.3 is 5.32 Å². The molecule has 6 nitrogen and oxygen atoms in total. The van der Waals surface area contributed by atoms with Crippen LogP contribution in [0.25, 0.3) is 0 Å². The Labute approximate surface area is 118 Å². The number of halogens is 2. The summed E-state index contributed by atoms with van der Waals surface area (Å²) >= 11 is 0. The van der Waals surface area contributed by atoms with Crippen molar-refractivity contribution in [2.45, 2.75) is 4.90 Å². The number of sulfonamides is 1. The van der Waals surface area contributed by atoms with Crippen molar-refractivity contribution in [2.75, 3.05) is 5.32 Å². The third kappa shape index (κ3) is 3.58. The van der Waals surface area contributed by atoms with Crippen LogP contribution in [-0.4, -0.2) is 19.3 Å². The summed E-state index contributed by atoms with van der Waals surface area (Å²) in [6.07, 6.45) is 2.06. The number of carbonyl (C=O) groups excluding carboxylic acids is 1. The molecule has 0 aliphatic rings. The highest BCUT2D eigenvalue weighted by Crippen LogP contribution is 2.18. The van der Waals surface area contributed by atoms with Gasteiger partial charge in [-0.05, 0) is 24.3 Å². The summed E-state index contributed by atoms with van der Waals surface area (Å²) < 4.78 is 48.6. The molecule has 0 fully saturated rings. The first-order valence-electron chi connectivity index (χ1n) is 5.51. The van der Waals surface area contributed by atoms with Crippen molar-refractivity contribution in [3.63, 3.8) is 0 Å². The lowest BCUT2D eigenvalue weighted by Gasteiger charge is -2.07. The van der Waals surface area contributed by atoms with E-state index in [1.54, 1.807) is 0 Å². The second-order valence-corrected chi connectivity index (χ2v) is 5.57. The minimum Gasteiger partial charge on any atom is -0.322 e. The molecule has 0 saturated carbocycles. The molecule has 0 radical (unpaired) electrons. The molecule has 0 aliphatic heterocycles. The van der Waals surface area contributed by atoms with E-state index in [4.69, 9.17) is 5.14 Å². The van der Waals surface area contributed by atoms with Crippen LogP contribution in [0, 0.1) is 11.6 Å². The van der Waals surface area contributed by atoms with E-state index >= 15 is 0 Å². The van der Waals surface area contributed by atoms with Crippen molar-refractivity contribution in [2.24, 2.45) is 5.14 Å². The summed E-state index contributed by atoms with van der Waals surface area (Å²) in [5, 5.41) is 7.10. The summed E-state index contributed by atoms with van der Waals surface area (Å²) in [4.78, 5) is 14.6. The lowest BCUT2D eigenvalue weighted by Crippen LogP contribution is -2.16. The molecular weight excluding hydrogens is 304 g/mol. The number of nitrogens with zero attached hydrogens (tertiary/aromatic N) is 1. The Hall–Kier alpha value is -2.39. The van der Waals surface area contributed by atoms with E-state index in [1.165, 1.54) is 0 Å². The lowest BCUT2D eigenvalue weighted by atomic mass is 10.2. The van der Waals surface area contributed by atoms with E-state index in [9.17, 15) is 22.0 Å².